The van der Waals surface area contributed by atoms with Gasteiger partial charge in [0.1, 0.15) is 5.82 Å². The van der Waals surface area contributed by atoms with Gasteiger partial charge in [-0.25, -0.2) is 4.39 Å². The highest BCUT2D eigenvalue weighted by Crippen LogP contribution is 2.37. The van der Waals surface area contributed by atoms with E-state index in [1.807, 2.05) is 6.07 Å². The second-order valence-corrected chi connectivity index (χ2v) is 5.96. The Morgan fingerprint density at radius 1 is 1.23 bits per heavy atom. The van der Waals surface area contributed by atoms with E-state index in [9.17, 15) is 9.18 Å². The summed E-state index contributed by atoms with van der Waals surface area (Å²) >= 11 is 0. The Kier molecular flexibility index (Phi) is 3.84. The summed E-state index contributed by atoms with van der Waals surface area (Å²) in [4.78, 5) is 14.5. The van der Waals surface area contributed by atoms with Crippen LogP contribution in [0.4, 0.5) is 10.1 Å². The molecule has 0 aliphatic carbocycles. The van der Waals surface area contributed by atoms with Crippen molar-refractivity contribution in [1.29, 1.82) is 0 Å². The van der Waals surface area contributed by atoms with Gasteiger partial charge in [0, 0.05) is 23.4 Å². The SMILES string of the molecule is CC1CC(c2ccccc2F)N(C(=O)c2cccc(N)c2)C1. The highest BCUT2D eigenvalue weighted by molar-refractivity contribution is 5.95. The van der Waals surface area contributed by atoms with E-state index in [4.69, 9.17) is 5.73 Å². The third-order valence-electron chi connectivity index (χ3n) is 4.17. The summed E-state index contributed by atoms with van der Waals surface area (Å²) in [5.74, 6) is -0.00788. The number of halogens is 1. The summed E-state index contributed by atoms with van der Waals surface area (Å²) in [6, 6.07) is 13.4. The van der Waals surface area contributed by atoms with Crippen LogP contribution >= 0.6 is 0 Å². The minimum Gasteiger partial charge on any atom is -0.399 e. The molecule has 2 aromatic rings. The van der Waals surface area contributed by atoms with Crippen molar-refractivity contribution < 1.29 is 9.18 Å². The topological polar surface area (TPSA) is 46.3 Å². The van der Waals surface area contributed by atoms with Gasteiger partial charge in [-0.2, -0.15) is 0 Å². The molecule has 0 bridgehead atoms. The van der Waals surface area contributed by atoms with Crippen LogP contribution in [0.2, 0.25) is 0 Å². The lowest BCUT2D eigenvalue weighted by molar-refractivity contribution is 0.0730. The number of carbonyl (C=O) groups excluding carboxylic acids is 1. The van der Waals surface area contributed by atoms with Crippen molar-refractivity contribution in [2.24, 2.45) is 5.92 Å². The molecule has 2 unspecified atom stereocenters. The molecule has 2 atom stereocenters. The normalized spacial score (nSPS) is 21.1. The molecule has 3 rings (SSSR count). The van der Waals surface area contributed by atoms with Crippen LogP contribution < -0.4 is 5.73 Å². The summed E-state index contributed by atoms with van der Waals surface area (Å²) in [5, 5.41) is 0. The van der Waals surface area contributed by atoms with Gasteiger partial charge in [0.15, 0.2) is 0 Å². The van der Waals surface area contributed by atoms with E-state index >= 15 is 0 Å². The van der Waals surface area contributed by atoms with Crippen LogP contribution in [-0.4, -0.2) is 17.4 Å². The Morgan fingerprint density at radius 2 is 2.00 bits per heavy atom. The number of amides is 1. The van der Waals surface area contributed by atoms with Crippen LogP contribution in [0.15, 0.2) is 48.5 Å². The van der Waals surface area contributed by atoms with Crippen molar-refractivity contribution in [2.75, 3.05) is 12.3 Å². The Morgan fingerprint density at radius 3 is 2.73 bits per heavy atom. The Labute approximate surface area is 129 Å². The molecule has 1 heterocycles. The van der Waals surface area contributed by atoms with Crippen molar-refractivity contribution in [3.05, 3.63) is 65.5 Å². The first-order valence-corrected chi connectivity index (χ1v) is 7.47. The highest BCUT2D eigenvalue weighted by Gasteiger charge is 2.35. The van der Waals surface area contributed by atoms with Crippen LogP contribution in [-0.2, 0) is 0 Å². The predicted molar refractivity (Wildman–Crippen MR) is 84.8 cm³/mol. The maximum Gasteiger partial charge on any atom is 0.254 e. The van der Waals surface area contributed by atoms with E-state index in [0.29, 0.717) is 29.3 Å². The molecule has 1 fully saturated rings. The third kappa shape index (κ3) is 2.69. The molecule has 4 heteroatoms. The van der Waals surface area contributed by atoms with Crippen molar-refractivity contribution in [3.8, 4) is 0 Å². The summed E-state index contributed by atoms with van der Waals surface area (Å²) in [5.41, 5.74) is 7.46. The van der Waals surface area contributed by atoms with E-state index in [0.717, 1.165) is 6.42 Å². The van der Waals surface area contributed by atoms with Crippen LogP contribution in [0.25, 0.3) is 0 Å². The number of hydrogen-bond acceptors (Lipinski definition) is 2. The van der Waals surface area contributed by atoms with E-state index in [2.05, 4.69) is 6.92 Å². The summed E-state index contributed by atoms with van der Waals surface area (Å²) in [7, 11) is 0. The molecule has 0 radical (unpaired) electrons. The fourth-order valence-electron chi connectivity index (χ4n) is 3.15. The van der Waals surface area contributed by atoms with Crippen LogP contribution in [0.3, 0.4) is 0 Å². The maximum atomic E-state index is 14.1. The van der Waals surface area contributed by atoms with Gasteiger partial charge in [0.2, 0.25) is 0 Å². The molecule has 1 aliphatic heterocycles. The lowest BCUT2D eigenvalue weighted by Gasteiger charge is -2.25. The predicted octanol–water partition coefficient (Wildman–Crippen LogP) is 3.63. The number of nitrogens with two attached hydrogens (primary N) is 1. The number of hydrogen-bond donors (Lipinski definition) is 1. The van der Waals surface area contributed by atoms with E-state index < -0.39 is 0 Å². The van der Waals surface area contributed by atoms with E-state index in [-0.39, 0.29) is 17.8 Å². The molecular formula is C18H19FN2O. The molecule has 1 amide bonds. The fraction of sp³-hybridized carbons (Fsp3) is 0.278. The first-order valence-electron chi connectivity index (χ1n) is 7.47. The second-order valence-electron chi connectivity index (χ2n) is 5.96. The second kappa shape index (κ2) is 5.79. The zero-order valence-electron chi connectivity index (χ0n) is 12.5. The number of anilines is 1. The molecule has 1 aliphatic rings. The molecule has 22 heavy (non-hydrogen) atoms. The first kappa shape index (κ1) is 14.6. The number of nitrogens with zero attached hydrogens (tertiary/aromatic N) is 1. The number of benzene rings is 2. The van der Waals surface area contributed by atoms with Gasteiger partial charge in [0.25, 0.3) is 5.91 Å². The molecule has 2 N–H and O–H groups in total. The van der Waals surface area contributed by atoms with Crippen LogP contribution in [0.5, 0.6) is 0 Å². The van der Waals surface area contributed by atoms with Crippen molar-refractivity contribution in [3.63, 3.8) is 0 Å². The monoisotopic (exact) mass is 298 g/mol. The molecular weight excluding hydrogens is 279 g/mol. The largest absolute Gasteiger partial charge is 0.399 e. The first-order chi connectivity index (χ1) is 10.6. The maximum absolute atomic E-state index is 14.1. The van der Waals surface area contributed by atoms with Crippen molar-refractivity contribution in [2.45, 2.75) is 19.4 Å². The average molecular weight is 298 g/mol. The van der Waals surface area contributed by atoms with E-state index in [1.54, 1.807) is 41.3 Å². The summed E-state index contributed by atoms with van der Waals surface area (Å²) in [6.07, 6.45) is 0.773. The zero-order valence-corrected chi connectivity index (χ0v) is 12.5. The van der Waals surface area contributed by atoms with Crippen molar-refractivity contribution >= 4 is 11.6 Å². The molecule has 0 aromatic heterocycles. The quantitative estimate of drug-likeness (QED) is 0.861. The average Bonchev–Trinajstić information content (AvgIpc) is 2.88. The van der Waals surface area contributed by atoms with Gasteiger partial charge < -0.3 is 10.6 Å². The molecule has 1 saturated heterocycles. The summed E-state index contributed by atoms with van der Waals surface area (Å²) < 4.78 is 14.1. The molecule has 0 saturated carbocycles. The van der Waals surface area contributed by atoms with Crippen molar-refractivity contribution in [1.82, 2.24) is 4.90 Å². The highest BCUT2D eigenvalue weighted by atomic mass is 19.1. The molecule has 3 nitrogen and oxygen atoms in total. The number of rotatable bonds is 2. The Hall–Kier alpha value is -2.36. The lowest BCUT2D eigenvalue weighted by Crippen LogP contribution is -2.31. The molecule has 0 spiro atoms. The van der Waals surface area contributed by atoms with Gasteiger partial charge in [-0.15, -0.1) is 0 Å². The smallest absolute Gasteiger partial charge is 0.254 e. The van der Waals surface area contributed by atoms with Gasteiger partial charge in [-0.3, -0.25) is 4.79 Å². The standard InChI is InChI=1S/C18H19FN2O/c1-12-9-17(15-7-2-3-8-16(15)19)21(11-12)18(22)13-5-4-6-14(20)10-13/h2-8,10,12,17H,9,11,20H2,1H3. The van der Waals surface area contributed by atoms with Gasteiger partial charge in [-0.1, -0.05) is 31.2 Å². The zero-order chi connectivity index (χ0) is 15.7. The number of nitrogen functional groups attached to an aromatic ring is 1. The fourth-order valence-corrected chi connectivity index (χ4v) is 3.15. The van der Waals surface area contributed by atoms with E-state index in [1.165, 1.54) is 6.07 Å². The Bertz CT molecular complexity index is 701. The molecule has 2 aromatic carbocycles. The third-order valence-corrected chi connectivity index (χ3v) is 4.17. The van der Waals surface area contributed by atoms with Crippen LogP contribution in [0.1, 0.15) is 35.3 Å². The minimum atomic E-state index is -0.257. The number of carbonyl (C=O) groups is 1. The van der Waals surface area contributed by atoms with Gasteiger partial charge >= 0.3 is 0 Å². The number of likely N-dealkylation sites (tertiary alicyclic amines) is 1. The van der Waals surface area contributed by atoms with Gasteiger partial charge in [-0.05, 0) is 36.6 Å². The minimum absolute atomic E-state index is 0.0927. The summed E-state index contributed by atoms with van der Waals surface area (Å²) in [6.45, 7) is 2.72. The lowest BCUT2D eigenvalue weighted by atomic mass is 10.00. The van der Waals surface area contributed by atoms with Crippen LogP contribution in [0, 0.1) is 11.7 Å². The Balaban J connectivity index is 1.94. The van der Waals surface area contributed by atoms with Gasteiger partial charge in [0.05, 0.1) is 6.04 Å². The molecule has 114 valence electrons.